The maximum absolute atomic E-state index is 12.4. The van der Waals surface area contributed by atoms with Crippen molar-refractivity contribution in [1.82, 2.24) is 0 Å². The first-order chi connectivity index (χ1) is 13.5. The second kappa shape index (κ2) is 9.14. The molecule has 0 atom stereocenters. The van der Waals surface area contributed by atoms with Gasteiger partial charge >= 0.3 is 0 Å². The van der Waals surface area contributed by atoms with Crippen molar-refractivity contribution in [2.45, 2.75) is 33.1 Å². The Balaban J connectivity index is 1.54. The zero-order valence-electron chi connectivity index (χ0n) is 16.4. The van der Waals surface area contributed by atoms with Gasteiger partial charge in [0.25, 0.3) is 0 Å². The van der Waals surface area contributed by atoms with Crippen LogP contribution in [0.5, 0.6) is 0 Å². The van der Waals surface area contributed by atoms with E-state index < -0.39 is 0 Å². The first-order valence-corrected chi connectivity index (χ1v) is 9.51. The molecule has 0 aromatic heterocycles. The largest absolute Gasteiger partial charge is 0.326 e. The Labute approximate surface area is 166 Å². The highest BCUT2D eigenvalue weighted by molar-refractivity contribution is 5.92. The van der Waals surface area contributed by atoms with E-state index in [2.05, 4.69) is 5.32 Å². The van der Waals surface area contributed by atoms with Crippen molar-refractivity contribution in [3.63, 3.8) is 0 Å². The van der Waals surface area contributed by atoms with E-state index in [1.165, 1.54) is 0 Å². The molecule has 3 rings (SSSR count). The van der Waals surface area contributed by atoms with E-state index >= 15 is 0 Å². The van der Waals surface area contributed by atoms with Crippen LogP contribution in [0.15, 0.2) is 72.8 Å². The van der Waals surface area contributed by atoms with Crippen molar-refractivity contribution >= 4 is 17.4 Å². The van der Waals surface area contributed by atoms with E-state index in [1.807, 2.05) is 86.6 Å². The number of hydrogen-bond acceptors (Lipinski definition) is 2. The standard InChI is InChI=1S/C25H25NO2/c1-18-7-3-5-9-21(18)16-24(27)15-20-11-13-23(14-12-20)26-25(28)17-22-10-6-4-8-19(22)2/h3-14H,15-17H2,1-2H3,(H,26,28). The maximum Gasteiger partial charge on any atom is 0.228 e. The van der Waals surface area contributed by atoms with Crippen molar-refractivity contribution in [2.24, 2.45) is 0 Å². The summed E-state index contributed by atoms with van der Waals surface area (Å²) < 4.78 is 0. The SMILES string of the molecule is Cc1ccccc1CC(=O)Cc1ccc(NC(=O)Cc2ccccc2C)cc1. The second-order valence-corrected chi connectivity index (χ2v) is 7.17. The number of ketones is 1. The Hall–Kier alpha value is -3.20. The molecule has 0 unspecified atom stereocenters. The molecule has 28 heavy (non-hydrogen) atoms. The number of anilines is 1. The Kier molecular flexibility index (Phi) is 6.38. The minimum Gasteiger partial charge on any atom is -0.326 e. The van der Waals surface area contributed by atoms with E-state index in [0.29, 0.717) is 19.3 Å². The minimum atomic E-state index is -0.0438. The predicted octanol–water partition coefficient (Wildman–Crippen LogP) is 4.84. The zero-order chi connectivity index (χ0) is 19.9. The Morgan fingerprint density at radius 1 is 0.679 bits per heavy atom. The third kappa shape index (κ3) is 5.40. The number of hydrogen-bond donors (Lipinski definition) is 1. The summed E-state index contributed by atoms with van der Waals surface area (Å²) in [6.07, 6.45) is 1.19. The lowest BCUT2D eigenvalue weighted by atomic mass is 9.99. The number of carbonyl (C=O) groups excluding carboxylic acids is 2. The molecule has 0 saturated carbocycles. The zero-order valence-corrected chi connectivity index (χ0v) is 16.4. The molecule has 3 heteroatoms. The molecule has 0 bridgehead atoms. The fraction of sp³-hybridized carbons (Fsp3) is 0.200. The van der Waals surface area contributed by atoms with Gasteiger partial charge in [0.05, 0.1) is 6.42 Å². The highest BCUT2D eigenvalue weighted by Crippen LogP contribution is 2.14. The van der Waals surface area contributed by atoms with Gasteiger partial charge in [-0.25, -0.2) is 0 Å². The summed E-state index contributed by atoms with van der Waals surface area (Å²) in [4.78, 5) is 24.6. The van der Waals surface area contributed by atoms with E-state index in [1.54, 1.807) is 0 Å². The predicted molar refractivity (Wildman–Crippen MR) is 114 cm³/mol. The molecular formula is C25H25NO2. The molecule has 1 N–H and O–H groups in total. The maximum atomic E-state index is 12.4. The molecule has 3 aromatic carbocycles. The van der Waals surface area contributed by atoms with E-state index in [9.17, 15) is 9.59 Å². The first-order valence-electron chi connectivity index (χ1n) is 9.51. The summed E-state index contributed by atoms with van der Waals surface area (Å²) in [5, 5.41) is 2.92. The summed E-state index contributed by atoms with van der Waals surface area (Å²) in [6, 6.07) is 23.4. The molecule has 142 valence electrons. The fourth-order valence-corrected chi connectivity index (χ4v) is 3.20. The van der Waals surface area contributed by atoms with Gasteiger partial charge in [-0.2, -0.15) is 0 Å². The van der Waals surface area contributed by atoms with Crippen LogP contribution in [-0.4, -0.2) is 11.7 Å². The van der Waals surface area contributed by atoms with Crippen LogP contribution < -0.4 is 5.32 Å². The van der Waals surface area contributed by atoms with Crippen molar-refractivity contribution in [3.8, 4) is 0 Å². The van der Waals surface area contributed by atoms with Crippen LogP contribution >= 0.6 is 0 Å². The van der Waals surface area contributed by atoms with Crippen molar-refractivity contribution in [3.05, 3.63) is 101 Å². The van der Waals surface area contributed by atoms with E-state index in [-0.39, 0.29) is 11.7 Å². The van der Waals surface area contributed by atoms with Crippen LogP contribution in [-0.2, 0) is 28.9 Å². The number of benzene rings is 3. The normalized spacial score (nSPS) is 10.5. The third-order valence-electron chi connectivity index (χ3n) is 4.90. The lowest BCUT2D eigenvalue weighted by Gasteiger charge is -2.09. The average molecular weight is 371 g/mol. The lowest BCUT2D eigenvalue weighted by Crippen LogP contribution is -2.15. The van der Waals surface area contributed by atoms with Crippen molar-refractivity contribution < 1.29 is 9.59 Å². The van der Waals surface area contributed by atoms with Gasteiger partial charge in [-0.15, -0.1) is 0 Å². The van der Waals surface area contributed by atoms with Gasteiger partial charge in [-0.3, -0.25) is 9.59 Å². The van der Waals surface area contributed by atoms with Gasteiger partial charge in [-0.1, -0.05) is 60.7 Å². The molecule has 3 aromatic rings. The number of rotatable bonds is 7. The second-order valence-electron chi connectivity index (χ2n) is 7.17. The summed E-state index contributed by atoms with van der Waals surface area (Å²) in [5.41, 5.74) is 6.05. The Morgan fingerprint density at radius 2 is 1.21 bits per heavy atom. The number of carbonyl (C=O) groups is 2. The van der Waals surface area contributed by atoms with Crippen molar-refractivity contribution in [2.75, 3.05) is 5.32 Å². The monoisotopic (exact) mass is 371 g/mol. The highest BCUT2D eigenvalue weighted by Gasteiger charge is 2.09. The Morgan fingerprint density at radius 3 is 1.79 bits per heavy atom. The molecule has 0 fully saturated rings. The van der Waals surface area contributed by atoms with Gasteiger partial charge in [0, 0.05) is 18.5 Å². The number of amides is 1. The number of Topliss-reactive ketones (excluding diaryl/α,β-unsaturated/α-hetero) is 1. The van der Waals surface area contributed by atoms with E-state index in [0.717, 1.165) is 33.5 Å². The fourth-order valence-electron chi connectivity index (χ4n) is 3.20. The number of nitrogens with one attached hydrogen (secondary N) is 1. The quantitative estimate of drug-likeness (QED) is 0.646. The lowest BCUT2D eigenvalue weighted by molar-refractivity contribution is -0.118. The smallest absolute Gasteiger partial charge is 0.228 e. The van der Waals surface area contributed by atoms with Gasteiger partial charge in [0.2, 0.25) is 5.91 Å². The average Bonchev–Trinajstić information content (AvgIpc) is 2.67. The molecule has 0 saturated heterocycles. The van der Waals surface area contributed by atoms with Gasteiger partial charge < -0.3 is 5.32 Å². The van der Waals surface area contributed by atoms with Gasteiger partial charge in [0.1, 0.15) is 5.78 Å². The first kappa shape index (κ1) is 19.6. The van der Waals surface area contributed by atoms with Crippen LogP contribution in [0.4, 0.5) is 5.69 Å². The Bertz CT molecular complexity index is 893. The molecule has 0 aliphatic carbocycles. The summed E-state index contributed by atoms with van der Waals surface area (Å²) >= 11 is 0. The topological polar surface area (TPSA) is 46.2 Å². The minimum absolute atomic E-state index is 0.0438. The molecule has 3 nitrogen and oxygen atoms in total. The third-order valence-corrected chi connectivity index (χ3v) is 4.90. The van der Waals surface area contributed by atoms with Gasteiger partial charge in [0.15, 0.2) is 0 Å². The molecular weight excluding hydrogens is 346 g/mol. The van der Waals surface area contributed by atoms with Crippen LogP contribution in [0.1, 0.15) is 27.8 Å². The van der Waals surface area contributed by atoms with Gasteiger partial charge in [-0.05, 0) is 53.8 Å². The van der Waals surface area contributed by atoms with Crippen LogP contribution in [0.25, 0.3) is 0 Å². The molecule has 1 amide bonds. The van der Waals surface area contributed by atoms with Crippen LogP contribution in [0.3, 0.4) is 0 Å². The number of aryl methyl sites for hydroxylation is 2. The van der Waals surface area contributed by atoms with Crippen LogP contribution in [0.2, 0.25) is 0 Å². The van der Waals surface area contributed by atoms with Crippen LogP contribution in [0, 0.1) is 13.8 Å². The molecule has 0 radical (unpaired) electrons. The van der Waals surface area contributed by atoms with Crippen molar-refractivity contribution in [1.29, 1.82) is 0 Å². The molecule has 0 aliphatic heterocycles. The summed E-state index contributed by atoms with van der Waals surface area (Å²) in [7, 11) is 0. The molecule has 0 spiro atoms. The summed E-state index contributed by atoms with van der Waals surface area (Å²) in [5.74, 6) is 0.142. The molecule has 0 heterocycles. The highest BCUT2D eigenvalue weighted by atomic mass is 16.1. The molecule has 0 aliphatic rings. The van der Waals surface area contributed by atoms with E-state index in [4.69, 9.17) is 0 Å². The summed E-state index contributed by atoms with van der Waals surface area (Å²) in [6.45, 7) is 4.03.